The molecule has 1 unspecified atom stereocenters. The lowest BCUT2D eigenvalue weighted by molar-refractivity contribution is 0.487. The van der Waals surface area contributed by atoms with Crippen molar-refractivity contribution in [1.29, 1.82) is 0 Å². The van der Waals surface area contributed by atoms with E-state index in [0.717, 1.165) is 22.4 Å². The molecule has 1 heterocycles. The number of ether oxygens (including phenoxy) is 1. The smallest absolute Gasteiger partial charge is 0.136 e. The molecule has 0 aromatic heterocycles. The molecular weight excluding hydrogens is 629 g/mol. The Morgan fingerprint density at radius 2 is 0.904 bits per heavy atom. The highest BCUT2D eigenvalue weighted by Crippen LogP contribution is 2.64. The van der Waals surface area contributed by atoms with Crippen LogP contribution in [0.25, 0.3) is 77.2 Å². The standard InChI is InChI=1S/C51H30O/c1-2-14-31(15-3-1)40-30-46-50-36(34-19-6-9-29-45(34)52-46)22-12-23-39(50)48(40)38-24-13-28-44-49(38)37-20-5-8-26-42(37)51(44)41-25-7-4-18-33(41)35-21-10-16-32-17-11-27-43(51)47(32)35/h1-30H. The number of benzene rings is 9. The third-order valence-electron chi connectivity index (χ3n) is 11.9. The van der Waals surface area contributed by atoms with Crippen molar-refractivity contribution in [3.63, 3.8) is 0 Å². The lowest BCUT2D eigenvalue weighted by Crippen LogP contribution is -2.31. The Bertz CT molecular complexity index is 2980. The van der Waals surface area contributed by atoms with Gasteiger partial charge in [0.15, 0.2) is 0 Å². The van der Waals surface area contributed by atoms with Crippen LogP contribution in [0.1, 0.15) is 22.3 Å². The summed E-state index contributed by atoms with van der Waals surface area (Å²) in [6.07, 6.45) is 0. The topological polar surface area (TPSA) is 9.23 Å². The molecule has 0 saturated carbocycles. The lowest BCUT2D eigenvalue weighted by Gasteiger charge is -2.40. The Morgan fingerprint density at radius 1 is 0.327 bits per heavy atom. The van der Waals surface area contributed by atoms with Crippen LogP contribution in [0.15, 0.2) is 182 Å². The first kappa shape index (κ1) is 28.0. The second kappa shape index (κ2) is 10.2. The predicted molar refractivity (Wildman–Crippen MR) is 214 cm³/mol. The summed E-state index contributed by atoms with van der Waals surface area (Å²) in [5.41, 5.74) is 17.3. The zero-order valence-corrected chi connectivity index (χ0v) is 28.2. The monoisotopic (exact) mass is 658 g/mol. The Balaban J connectivity index is 1.26. The summed E-state index contributed by atoms with van der Waals surface area (Å²) >= 11 is 0. The van der Waals surface area contributed by atoms with Gasteiger partial charge in [-0.3, -0.25) is 0 Å². The molecule has 0 bridgehead atoms. The van der Waals surface area contributed by atoms with Gasteiger partial charge in [0.2, 0.25) is 0 Å². The normalized spacial score (nSPS) is 15.5. The molecule has 3 aliphatic rings. The molecule has 0 radical (unpaired) electrons. The fourth-order valence-electron chi connectivity index (χ4n) is 9.97. The number of hydrogen-bond acceptors (Lipinski definition) is 1. The second-order valence-electron chi connectivity index (χ2n) is 14.3. The van der Waals surface area contributed by atoms with Crippen LogP contribution in [0, 0.1) is 0 Å². The van der Waals surface area contributed by atoms with Gasteiger partial charge in [0.05, 0.1) is 5.41 Å². The Morgan fingerprint density at radius 3 is 1.75 bits per heavy atom. The van der Waals surface area contributed by atoms with Crippen molar-refractivity contribution in [2.24, 2.45) is 0 Å². The second-order valence-corrected chi connectivity index (χ2v) is 14.3. The lowest BCUT2D eigenvalue weighted by atomic mass is 9.61. The van der Waals surface area contributed by atoms with E-state index >= 15 is 0 Å². The third-order valence-corrected chi connectivity index (χ3v) is 11.9. The van der Waals surface area contributed by atoms with Crippen LogP contribution in [-0.2, 0) is 5.41 Å². The molecule has 1 spiro atoms. The fourth-order valence-corrected chi connectivity index (χ4v) is 9.97. The van der Waals surface area contributed by atoms with Crippen LogP contribution in [-0.4, -0.2) is 0 Å². The Labute approximate surface area is 302 Å². The number of fused-ring (bicyclic) bond motifs is 11. The fraction of sp³-hybridized carbons (Fsp3) is 0.0196. The van der Waals surface area contributed by atoms with Crippen LogP contribution in [0.5, 0.6) is 11.5 Å². The molecule has 9 aromatic carbocycles. The minimum Gasteiger partial charge on any atom is -0.456 e. The highest BCUT2D eigenvalue weighted by atomic mass is 16.5. The maximum absolute atomic E-state index is 6.75. The SMILES string of the molecule is c1ccc(-c2cc3c4c(cccc4c2-c2cccc4c2-c2ccccc2C42c4ccccc4-c4cccc5cccc2c45)-c2ccccc2O3)cc1. The third kappa shape index (κ3) is 3.43. The van der Waals surface area contributed by atoms with Crippen LogP contribution in [0.2, 0.25) is 0 Å². The van der Waals surface area contributed by atoms with Gasteiger partial charge < -0.3 is 4.74 Å². The van der Waals surface area contributed by atoms with Gasteiger partial charge in [-0.1, -0.05) is 170 Å². The van der Waals surface area contributed by atoms with Gasteiger partial charge in [0.25, 0.3) is 0 Å². The van der Waals surface area contributed by atoms with Crippen LogP contribution >= 0.6 is 0 Å². The first-order valence-corrected chi connectivity index (χ1v) is 18.1. The predicted octanol–water partition coefficient (Wildman–Crippen LogP) is 13.4. The van der Waals surface area contributed by atoms with Gasteiger partial charge in [0, 0.05) is 10.9 Å². The average Bonchev–Trinajstić information content (AvgIpc) is 3.51. The summed E-state index contributed by atoms with van der Waals surface area (Å²) < 4.78 is 6.75. The van der Waals surface area contributed by atoms with Gasteiger partial charge >= 0.3 is 0 Å². The van der Waals surface area contributed by atoms with E-state index in [0.29, 0.717) is 0 Å². The van der Waals surface area contributed by atoms with Gasteiger partial charge in [-0.25, -0.2) is 0 Å². The van der Waals surface area contributed by atoms with Gasteiger partial charge in [-0.2, -0.15) is 0 Å². The van der Waals surface area contributed by atoms with E-state index in [1.54, 1.807) is 0 Å². The summed E-state index contributed by atoms with van der Waals surface area (Å²) in [5, 5.41) is 4.99. The molecule has 9 aromatic rings. The quantitative estimate of drug-likeness (QED) is 0.180. The minimum atomic E-state index is -0.478. The van der Waals surface area contributed by atoms with E-state index in [-0.39, 0.29) is 0 Å². The largest absolute Gasteiger partial charge is 0.456 e. The molecule has 240 valence electrons. The summed E-state index contributed by atoms with van der Waals surface area (Å²) in [7, 11) is 0. The average molecular weight is 659 g/mol. The minimum absolute atomic E-state index is 0.478. The van der Waals surface area contributed by atoms with Crippen LogP contribution in [0.3, 0.4) is 0 Å². The van der Waals surface area contributed by atoms with E-state index in [1.165, 1.54) is 88.5 Å². The van der Waals surface area contributed by atoms with E-state index in [1.807, 2.05) is 0 Å². The van der Waals surface area contributed by atoms with Gasteiger partial charge in [0.1, 0.15) is 11.5 Å². The van der Waals surface area contributed by atoms with Crippen molar-refractivity contribution in [2.45, 2.75) is 5.41 Å². The molecule has 52 heavy (non-hydrogen) atoms. The molecule has 1 nitrogen and oxygen atoms in total. The van der Waals surface area contributed by atoms with Crippen molar-refractivity contribution in [3.05, 3.63) is 204 Å². The van der Waals surface area contributed by atoms with E-state index < -0.39 is 5.41 Å². The summed E-state index contributed by atoms with van der Waals surface area (Å²) in [6, 6.07) is 67.3. The van der Waals surface area contributed by atoms with Crippen molar-refractivity contribution in [2.75, 3.05) is 0 Å². The van der Waals surface area contributed by atoms with Crippen molar-refractivity contribution in [3.8, 4) is 67.1 Å². The molecule has 0 N–H and O–H groups in total. The number of hydrogen-bond donors (Lipinski definition) is 0. The zero-order valence-electron chi connectivity index (χ0n) is 28.2. The molecule has 1 atom stereocenters. The molecular formula is C51H30O. The molecule has 0 saturated heterocycles. The summed E-state index contributed by atoms with van der Waals surface area (Å²) in [5.74, 6) is 1.80. The number of para-hydroxylation sites is 1. The number of rotatable bonds is 2. The first-order chi connectivity index (χ1) is 25.8. The maximum Gasteiger partial charge on any atom is 0.136 e. The van der Waals surface area contributed by atoms with Crippen LogP contribution in [0.4, 0.5) is 0 Å². The first-order valence-electron chi connectivity index (χ1n) is 18.1. The van der Waals surface area contributed by atoms with Crippen molar-refractivity contribution >= 4 is 21.5 Å². The van der Waals surface area contributed by atoms with Crippen LogP contribution < -0.4 is 4.74 Å². The zero-order chi connectivity index (χ0) is 34.0. The van der Waals surface area contributed by atoms with Crippen molar-refractivity contribution in [1.82, 2.24) is 0 Å². The molecule has 1 heteroatoms. The van der Waals surface area contributed by atoms with Gasteiger partial charge in [-0.05, 0) is 101 Å². The summed E-state index contributed by atoms with van der Waals surface area (Å²) in [6.45, 7) is 0. The summed E-state index contributed by atoms with van der Waals surface area (Å²) in [4.78, 5) is 0. The highest BCUT2D eigenvalue weighted by molar-refractivity contribution is 6.16. The molecule has 0 fully saturated rings. The molecule has 12 rings (SSSR count). The van der Waals surface area contributed by atoms with Crippen molar-refractivity contribution < 1.29 is 4.74 Å². The van der Waals surface area contributed by atoms with Gasteiger partial charge in [-0.15, -0.1) is 0 Å². The molecule has 2 aliphatic carbocycles. The molecule has 1 aliphatic heterocycles. The highest BCUT2D eigenvalue weighted by Gasteiger charge is 2.50. The Kier molecular flexibility index (Phi) is 5.49. The Hall–Kier alpha value is -6.70. The molecule has 0 amide bonds. The van der Waals surface area contributed by atoms with E-state index in [9.17, 15) is 0 Å². The van der Waals surface area contributed by atoms with E-state index in [2.05, 4.69) is 182 Å². The maximum atomic E-state index is 6.75. The van der Waals surface area contributed by atoms with E-state index in [4.69, 9.17) is 4.74 Å².